The lowest BCUT2D eigenvalue weighted by atomic mass is 10.1. The van der Waals surface area contributed by atoms with Gasteiger partial charge >= 0.3 is 0 Å². The summed E-state index contributed by atoms with van der Waals surface area (Å²) in [6, 6.07) is 128. The summed E-state index contributed by atoms with van der Waals surface area (Å²) in [6.45, 7) is 0. The molecule has 0 radical (unpaired) electrons. The monoisotopic (exact) mass is 1340 g/mol. The van der Waals surface area contributed by atoms with Gasteiger partial charge in [-0.05, 0) is 158 Å². The summed E-state index contributed by atoms with van der Waals surface area (Å²) in [4.78, 5) is 0. The second-order valence-corrected chi connectivity index (χ2v) is 28.6. The fraction of sp³-hybridized carbons (Fsp3) is 0. The summed E-state index contributed by atoms with van der Waals surface area (Å²) >= 11 is 1.87. The van der Waals surface area contributed by atoms with E-state index in [0.29, 0.717) is 0 Å². The minimum atomic E-state index is 0.895. The van der Waals surface area contributed by atoms with E-state index in [2.05, 4.69) is 367 Å². The zero-order valence-electron chi connectivity index (χ0n) is 56.0. The maximum Gasteiger partial charge on any atom is 0.137 e. The molecule has 0 amide bonds. The molecule has 0 bridgehead atoms. The van der Waals surface area contributed by atoms with E-state index in [1.165, 1.54) is 157 Å². The molecule has 16 aromatic carbocycles. The van der Waals surface area contributed by atoms with Crippen LogP contribution in [0.3, 0.4) is 0 Å². The van der Waals surface area contributed by atoms with Crippen molar-refractivity contribution in [3.8, 4) is 34.1 Å². The molecule has 0 unspecified atom stereocenters. The molecular weight excluding hydrogens is 1290 g/mol. The van der Waals surface area contributed by atoms with Gasteiger partial charge in [-0.15, -0.1) is 11.3 Å². The highest BCUT2D eigenvalue weighted by molar-refractivity contribution is 7.25. The second kappa shape index (κ2) is 21.9. The van der Waals surface area contributed by atoms with Crippen LogP contribution in [0.15, 0.2) is 356 Å². The van der Waals surface area contributed by atoms with Crippen LogP contribution in [0.1, 0.15) is 0 Å². The topological polar surface area (TPSA) is 42.7 Å². The van der Waals surface area contributed by atoms with Gasteiger partial charge in [0, 0.05) is 136 Å². The first-order valence-electron chi connectivity index (χ1n) is 35.5. The highest BCUT2D eigenvalue weighted by Gasteiger charge is 2.24. The molecule has 0 spiro atoms. The van der Waals surface area contributed by atoms with Crippen molar-refractivity contribution < 1.29 is 4.42 Å². The van der Waals surface area contributed by atoms with E-state index in [0.717, 1.165) is 50.2 Å². The molecule has 0 aliphatic heterocycles. The van der Waals surface area contributed by atoms with Crippen LogP contribution in [0.25, 0.3) is 207 Å². The Hall–Kier alpha value is -13.7. The summed E-state index contributed by atoms with van der Waals surface area (Å²) in [7, 11) is 0. The van der Waals surface area contributed by atoms with Crippen molar-refractivity contribution >= 4 is 184 Å². The van der Waals surface area contributed by atoms with E-state index in [1.807, 2.05) is 23.5 Å². The predicted molar refractivity (Wildman–Crippen MR) is 439 cm³/mol. The zero-order chi connectivity index (χ0) is 67.8. The summed E-state index contributed by atoms with van der Waals surface area (Å²) in [5, 5.41) is 19.9. The van der Waals surface area contributed by atoms with Crippen LogP contribution in [0.2, 0.25) is 0 Å². The number of hydrogen-bond donors (Lipinski definition) is 0. The van der Waals surface area contributed by atoms with Crippen molar-refractivity contribution in [3.63, 3.8) is 0 Å². The van der Waals surface area contributed by atoms with Gasteiger partial charge in [0.2, 0.25) is 0 Å². The molecule has 0 saturated carbocycles. The third-order valence-electron chi connectivity index (χ3n) is 22.0. The number of thiophene rings is 1. The summed E-state index contributed by atoms with van der Waals surface area (Å²) in [6.07, 6.45) is 0. The number of furan rings is 1. The average molecular weight is 1340 g/mol. The lowest BCUT2D eigenvalue weighted by Gasteiger charge is -2.11. The molecule has 8 aromatic heterocycles. The molecule has 0 atom stereocenters. The van der Waals surface area contributed by atoms with E-state index < -0.39 is 0 Å². The van der Waals surface area contributed by atoms with Crippen molar-refractivity contribution in [3.05, 3.63) is 352 Å². The first-order chi connectivity index (χ1) is 51.6. The van der Waals surface area contributed by atoms with Crippen LogP contribution in [0, 0.1) is 0 Å². The van der Waals surface area contributed by atoms with E-state index in [-0.39, 0.29) is 0 Å². The van der Waals surface area contributed by atoms with Crippen molar-refractivity contribution in [1.29, 1.82) is 0 Å². The third-order valence-corrected chi connectivity index (χ3v) is 23.2. The molecule has 0 N–H and O–H groups in total. The van der Waals surface area contributed by atoms with Gasteiger partial charge in [0.1, 0.15) is 11.2 Å². The largest absolute Gasteiger partial charge is 0.456 e. The van der Waals surface area contributed by atoms with Crippen LogP contribution < -0.4 is 0 Å². The Balaban J connectivity index is 0.000000127. The van der Waals surface area contributed by atoms with Gasteiger partial charge in [0.15, 0.2) is 0 Å². The molecule has 8 heterocycles. The number of nitrogens with zero attached hydrogens (tertiary/aromatic N) is 6. The Labute approximate surface area is 598 Å². The molecule has 7 nitrogen and oxygen atoms in total. The van der Waals surface area contributed by atoms with Crippen LogP contribution in [0.4, 0.5) is 0 Å². The number of hydrogen-bond acceptors (Lipinski definition) is 2. The fourth-order valence-electron chi connectivity index (χ4n) is 17.6. The Morgan fingerprint density at radius 3 is 0.865 bits per heavy atom. The van der Waals surface area contributed by atoms with Crippen LogP contribution in [0.5, 0.6) is 0 Å². The van der Waals surface area contributed by atoms with Crippen LogP contribution >= 0.6 is 11.3 Å². The Bertz CT molecular complexity index is 7280. The number of fused-ring (bicyclic) bond motifs is 24. The Morgan fingerprint density at radius 1 is 0.154 bits per heavy atom. The van der Waals surface area contributed by atoms with E-state index >= 15 is 0 Å². The quantitative estimate of drug-likeness (QED) is 0.164. The van der Waals surface area contributed by atoms with Gasteiger partial charge in [0.25, 0.3) is 0 Å². The molecule has 0 aliphatic rings. The summed E-state index contributed by atoms with van der Waals surface area (Å²) in [5.41, 5.74) is 23.1. The van der Waals surface area contributed by atoms with Gasteiger partial charge < -0.3 is 31.8 Å². The number of rotatable bonds is 6. The SMILES string of the molecule is c1ccc(-n2c3ccccc3c3cc4c(cc32)c2ccccc2n4-c2ccc3c(c2)c2ccccc2n3-c2ccc3c(c2)oc2ccccc23)cc1.c1ccc(-n2c3ccccc3c3cc4c(cc32)c2ccccc2n4-c2ccc3c(c2)c2ccccc2n3-c2ccc3c(c2)sc2ccccc23)cc1. The van der Waals surface area contributed by atoms with Gasteiger partial charge in [-0.1, -0.05) is 188 Å². The maximum absolute atomic E-state index is 6.33. The van der Waals surface area contributed by atoms with Crippen molar-refractivity contribution in [1.82, 2.24) is 27.4 Å². The molecule has 24 rings (SSSR count). The second-order valence-electron chi connectivity index (χ2n) is 27.5. The molecule has 24 aromatic rings. The predicted octanol–water partition coefficient (Wildman–Crippen LogP) is 26.2. The Kier molecular flexibility index (Phi) is 12.0. The lowest BCUT2D eigenvalue weighted by molar-refractivity contribution is 0.668. The summed E-state index contributed by atoms with van der Waals surface area (Å²) in [5.74, 6) is 0. The molecule has 8 heteroatoms. The first kappa shape index (κ1) is 57.1. The lowest BCUT2D eigenvalue weighted by Crippen LogP contribution is -1.96. The van der Waals surface area contributed by atoms with Gasteiger partial charge in [-0.2, -0.15) is 0 Å². The fourth-order valence-corrected chi connectivity index (χ4v) is 18.7. The highest BCUT2D eigenvalue weighted by Crippen LogP contribution is 2.46. The molecule has 104 heavy (non-hydrogen) atoms. The van der Waals surface area contributed by atoms with Crippen LogP contribution in [-0.2, 0) is 0 Å². The maximum atomic E-state index is 6.33. The molecule has 0 aliphatic carbocycles. The van der Waals surface area contributed by atoms with E-state index in [9.17, 15) is 0 Å². The highest BCUT2D eigenvalue weighted by atomic mass is 32.1. The average Bonchev–Trinajstić information content (AvgIpc) is 1.56. The minimum absolute atomic E-state index is 0.895. The van der Waals surface area contributed by atoms with Gasteiger partial charge in [0.05, 0.1) is 66.2 Å². The van der Waals surface area contributed by atoms with Crippen molar-refractivity contribution in [2.45, 2.75) is 0 Å². The molecule has 484 valence electrons. The normalized spacial score (nSPS) is 12.2. The number of aromatic nitrogens is 6. The Morgan fingerprint density at radius 2 is 0.433 bits per heavy atom. The minimum Gasteiger partial charge on any atom is -0.456 e. The van der Waals surface area contributed by atoms with Gasteiger partial charge in [-0.3, -0.25) is 0 Å². The number of para-hydroxylation sites is 9. The van der Waals surface area contributed by atoms with E-state index in [4.69, 9.17) is 4.42 Å². The molecule has 0 fully saturated rings. The first-order valence-corrected chi connectivity index (χ1v) is 36.4. The third kappa shape index (κ3) is 8.22. The standard InChI is InChI=1S/C48H29N3O.C48H29N3S/c2*1-2-12-30(13-3-1)49-41-18-8-5-15-34(41)39-29-46-40(28-45(39)49)35-16-6-10-20-43(35)51(46)31-23-25-44-38(26-31)33-14-4-9-19-42(33)50(44)32-22-24-37-36-17-7-11-21-47(36)52-48(37)27-32/h2*1-29H. The zero-order valence-corrected chi connectivity index (χ0v) is 56.8. The smallest absolute Gasteiger partial charge is 0.137 e. The van der Waals surface area contributed by atoms with Gasteiger partial charge in [-0.25, -0.2) is 0 Å². The summed E-state index contributed by atoms with van der Waals surface area (Å²) < 4.78 is 23.5. The van der Waals surface area contributed by atoms with Crippen LogP contribution in [-0.4, -0.2) is 27.4 Å². The molecular formula is C96H58N6OS. The molecule has 0 saturated heterocycles. The van der Waals surface area contributed by atoms with E-state index in [1.54, 1.807) is 0 Å². The van der Waals surface area contributed by atoms with Crippen molar-refractivity contribution in [2.24, 2.45) is 0 Å². The van der Waals surface area contributed by atoms with Crippen molar-refractivity contribution in [2.75, 3.05) is 0 Å². The number of benzene rings is 16.